The van der Waals surface area contributed by atoms with Crippen LogP contribution in [0.3, 0.4) is 0 Å². The van der Waals surface area contributed by atoms with Crippen LogP contribution in [-0.4, -0.2) is 37.1 Å². The predicted molar refractivity (Wildman–Crippen MR) is 76.5 cm³/mol. The number of carbonyl (C=O) groups excluding carboxylic acids is 1. The Labute approximate surface area is 123 Å². The van der Waals surface area contributed by atoms with E-state index in [-0.39, 0.29) is 11.7 Å². The monoisotopic (exact) mass is 298 g/mol. The highest BCUT2D eigenvalue weighted by Gasteiger charge is 2.17. The molecule has 1 fully saturated rings. The minimum Gasteiger partial charge on any atom is -0.435 e. The number of nitrogens with one attached hydrogen (secondary N) is 1. The fourth-order valence-electron chi connectivity index (χ4n) is 2.34. The summed E-state index contributed by atoms with van der Waals surface area (Å²) in [4.78, 5) is 14.0. The SMILES string of the molecule is CC1CCN(CC(=O)Nc2ccc(OC(F)F)cc2)CC1. The lowest BCUT2D eigenvalue weighted by Gasteiger charge is -2.29. The summed E-state index contributed by atoms with van der Waals surface area (Å²) in [5.41, 5.74) is 0.576. The summed E-state index contributed by atoms with van der Waals surface area (Å²) in [7, 11) is 0. The van der Waals surface area contributed by atoms with Crippen LogP contribution in [0.15, 0.2) is 24.3 Å². The number of nitrogens with zero attached hydrogens (tertiary/aromatic N) is 1. The van der Waals surface area contributed by atoms with Crippen LogP contribution in [0.2, 0.25) is 0 Å². The number of rotatable bonds is 5. The topological polar surface area (TPSA) is 41.6 Å². The third-order valence-electron chi connectivity index (χ3n) is 3.61. The Morgan fingerprint density at radius 3 is 2.52 bits per heavy atom. The van der Waals surface area contributed by atoms with Gasteiger partial charge < -0.3 is 10.1 Å². The third kappa shape index (κ3) is 5.30. The molecule has 1 aliphatic rings. The number of likely N-dealkylation sites (tertiary alicyclic amines) is 1. The molecule has 0 atom stereocenters. The van der Waals surface area contributed by atoms with E-state index in [1.807, 2.05) is 0 Å². The fourth-order valence-corrected chi connectivity index (χ4v) is 2.34. The van der Waals surface area contributed by atoms with Gasteiger partial charge in [-0.05, 0) is 56.1 Å². The molecule has 6 heteroatoms. The molecule has 0 saturated carbocycles. The van der Waals surface area contributed by atoms with Crippen LogP contribution in [0.4, 0.5) is 14.5 Å². The highest BCUT2D eigenvalue weighted by atomic mass is 19.3. The third-order valence-corrected chi connectivity index (χ3v) is 3.61. The molecule has 1 saturated heterocycles. The molecule has 0 aromatic heterocycles. The molecule has 1 aliphatic heterocycles. The van der Waals surface area contributed by atoms with Gasteiger partial charge in [-0.3, -0.25) is 9.69 Å². The van der Waals surface area contributed by atoms with Crippen LogP contribution in [0.25, 0.3) is 0 Å². The zero-order valence-electron chi connectivity index (χ0n) is 12.0. The molecule has 0 radical (unpaired) electrons. The second kappa shape index (κ2) is 7.36. The van der Waals surface area contributed by atoms with Crippen LogP contribution >= 0.6 is 0 Å². The summed E-state index contributed by atoms with van der Waals surface area (Å²) in [6.45, 7) is 1.63. The van der Waals surface area contributed by atoms with Gasteiger partial charge in [-0.15, -0.1) is 0 Å². The summed E-state index contributed by atoms with van der Waals surface area (Å²) >= 11 is 0. The van der Waals surface area contributed by atoms with E-state index in [0.717, 1.165) is 31.8 Å². The van der Waals surface area contributed by atoms with Crippen molar-refractivity contribution in [2.24, 2.45) is 5.92 Å². The maximum absolute atomic E-state index is 12.0. The molecule has 0 unspecified atom stereocenters. The highest BCUT2D eigenvalue weighted by Crippen LogP contribution is 2.18. The quantitative estimate of drug-likeness (QED) is 0.908. The van der Waals surface area contributed by atoms with Crippen molar-refractivity contribution in [1.82, 2.24) is 4.90 Å². The molecular formula is C15H20F2N2O2. The Morgan fingerprint density at radius 1 is 1.33 bits per heavy atom. The number of halogens is 2. The maximum atomic E-state index is 12.0. The Kier molecular flexibility index (Phi) is 5.50. The van der Waals surface area contributed by atoms with E-state index in [1.54, 1.807) is 12.1 Å². The van der Waals surface area contributed by atoms with Crippen LogP contribution < -0.4 is 10.1 Å². The van der Waals surface area contributed by atoms with Gasteiger partial charge in [-0.1, -0.05) is 6.92 Å². The predicted octanol–water partition coefficient (Wildman–Crippen LogP) is 2.96. The van der Waals surface area contributed by atoms with Crippen molar-refractivity contribution in [3.8, 4) is 5.75 Å². The zero-order valence-corrected chi connectivity index (χ0v) is 12.0. The Morgan fingerprint density at radius 2 is 1.95 bits per heavy atom. The van der Waals surface area contributed by atoms with Gasteiger partial charge in [0.2, 0.25) is 5.91 Å². The van der Waals surface area contributed by atoms with E-state index in [4.69, 9.17) is 0 Å². The van der Waals surface area contributed by atoms with Gasteiger partial charge >= 0.3 is 6.61 Å². The Hall–Kier alpha value is -1.69. The molecule has 1 heterocycles. The van der Waals surface area contributed by atoms with Crippen molar-refractivity contribution in [3.63, 3.8) is 0 Å². The van der Waals surface area contributed by atoms with Gasteiger partial charge in [0.05, 0.1) is 6.54 Å². The number of benzene rings is 1. The van der Waals surface area contributed by atoms with E-state index in [2.05, 4.69) is 21.9 Å². The van der Waals surface area contributed by atoms with Crippen molar-refractivity contribution >= 4 is 11.6 Å². The lowest BCUT2D eigenvalue weighted by molar-refractivity contribution is -0.117. The summed E-state index contributed by atoms with van der Waals surface area (Å²) in [6, 6.07) is 5.91. The van der Waals surface area contributed by atoms with Gasteiger partial charge in [-0.25, -0.2) is 0 Å². The molecule has 1 amide bonds. The van der Waals surface area contributed by atoms with Crippen LogP contribution in [-0.2, 0) is 4.79 Å². The first kappa shape index (κ1) is 15.7. The second-order valence-corrected chi connectivity index (χ2v) is 5.41. The van der Waals surface area contributed by atoms with Gasteiger partial charge in [-0.2, -0.15) is 8.78 Å². The lowest BCUT2D eigenvalue weighted by atomic mass is 9.99. The largest absolute Gasteiger partial charge is 0.435 e. The van der Waals surface area contributed by atoms with Crippen molar-refractivity contribution < 1.29 is 18.3 Å². The number of carbonyl (C=O) groups is 1. The van der Waals surface area contributed by atoms with Gasteiger partial charge in [0.25, 0.3) is 0 Å². The standard InChI is InChI=1S/C15H20F2N2O2/c1-11-6-8-19(9-7-11)10-14(20)18-12-2-4-13(5-3-12)21-15(16)17/h2-5,11,15H,6-10H2,1H3,(H,18,20). The van der Waals surface area contributed by atoms with Crippen molar-refractivity contribution in [3.05, 3.63) is 24.3 Å². The van der Waals surface area contributed by atoms with E-state index >= 15 is 0 Å². The highest BCUT2D eigenvalue weighted by molar-refractivity contribution is 5.92. The molecule has 116 valence electrons. The normalized spacial score (nSPS) is 17.0. The first-order valence-corrected chi connectivity index (χ1v) is 7.10. The average molecular weight is 298 g/mol. The molecule has 2 rings (SSSR count). The van der Waals surface area contributed by atoms with Crippen LogP contribution in [0, 0.1) is 5.92 Å². The molecule has 1 aromatic rings. The number of hydrogen-bond donors (Lipinski definition) is 1. The van der Waals surface area contributed by atoms with Gasteiger partial charge in [0.15, 0.2) is 0 Å². The smallest absolute Gasteiger partial charge is 0.387 e. The molecule has 4 nitrogen and oxygen atoms in total. The van der Waals surface area contributed by atoms with E-state index in [1.165, 1.54) is 12.1 Å². The van der Waals surface area contributed by atoms with E-state index in [0.29, 0.717) is 12.2 Å². The summed E-state index contributed by atoms with van der Waals surface area (Å²) in [5.74, 6) is 0.715. The van der Waals surface area contributed by atoms with Crippen LogP contribution in [0.5, 0.6) is 5.75 Å². The number of hydrogen-bond acceptors (Lipinski definition) is 3. The van der Waals surface area contributed by atoms with Gasteiger partial charge in [0.1, 0.15) is 5.75 Å². The Balaban J connectivity index is 1.79. The second-order valence-electron chi connectivity index (χ2n) is 5.41. The number of anilines is 1. The molecule has 0 aliphatic carbocycles. The summed E-state index contributed by atoms with van der Waals surface area (Å²) < 4.78 is 28.3. The van der Waals surface area contributed by atoms with Crippen molar-refractivity contribution in [2.45, 2.75) is 26.4 Å². The van der Waals surface area contributed by atoms with E-state index in [9.17, 15) is 13.6 Å². The molecule has 21 heavy (non-hydrogen) atoms. The number of alkyl halides is 2. The minimum absolute atomic E-state index is 0.0769. The molecule has 1 N–H and O–H groups in total. The maximum Gasteiger partial charge on any atom is 0.387 e. The van der Waals surface area contributed by atoms with Crippen molar-refractivity contribution in [1.29, 1.82) is 0 Å². The molecule has 1 aromatic carbocycles. The number of ether oxygens (including phenoxy) is 1. The summed E-state index contributed by atoms with van der Waals surface area (Å²) in [6.07, 6.45) is 2.24. The van der Waals surface area contributed by atoms with Crippen LogP contribution in [0.1, 0.15) is 19.8 Å². The van der Waals surface area contributed by atoms with Crippen molar-refractivity contribution in [2.75, 3.05) is 25.0 Å². The number of piperidine rings is 1. The van der Waals surface area contributed by atoms with Gasteiger partial charge in [0, 0.05) is 5.69 Å². The average Bonchev–Trinajstić information content (AvgIpc) is 2.43. The molecular weight excluding hydrogens is 278 g/mol. The minimum atomic E-state index is -2.84. The zero-order chi connectivity index (χ0) is 15.2. The Bertz CT molecular complexity index is 457. The lowest BCUT2D eigenvalue weighted by Crippen LogP contribution is -2.38. The first-order chi connectivity index (χ1) is 10.0. The fraction of sp³-hybridized carbons (Fsp3) is 0.533. The summed E-state index contributed by atoms with van der Waals surface area (Å²) in [5, 5.41) is 2.76. The van der Waals surface area contributed by atoms with E-state index < -0.39 is 6.61 Å². The first-order valence-electron chi connectivity index (χ1n) is 7.10. The molecule has 0 spiro atoms. The number of amides is 1. The molecule has 0 bridgehead atoms.